The average molecular weight is 604 g/mol. The lowest BCUT2D eigenvalue weighted by Crippen LogP contribution is -2.15. The summed E-state index contributed by atoms with van der Waals surface area (Å²) in [5.41, 5.74) is 15.1. The van der Waals surface area contributed by atoms with Crippen molar-refractivity contribution < 1.29 is 4.42 Å². The molecule has 0 unspecified atom stereocenters. The molecule has 0 amide bonds. The minimum atomic E-state index is -0.0963. The summed E-state index contributed by atoms with van der Waals surface area (Å²) in [5.74, 6) is 0. The van der Waals surface area contributed by atoms with Crippen LogP contribution in [0, 0.1) is 0 Å². The SMILES string of the molecule is CC1(C)c2ccccc2-c2ccc(-c3ccc4oc5ccccc5c4c3N(c3ccccc3)c3ccc(-c4ccccc4)cc3)cc21. The summed E-state index contributed by atoms with van der Waals surface area (Å²) in [6.07, 6.45) is 0. The van der Waals surface area contributed by atoms with Crippen LogP contribution in [0.1, 0.15) is 25.0 Å². The van der Waals surface area contributed by atoms with Gasteiger partial charge >= 0.3 is 0 Å². The summed E-state index contributed by atoms with van der Waals surface area (Å²) in [6.45, 7) is 4.69. The van der Waals surface area contributed by atoms with Crippen molar-refractivity contribution in [2.75, 3.05) is 4.90 Å². The Morgan fingerprint density at radius 2 is 1.04 bits per heavy atom. The predicted octanol–water partition coefficient (Wildman–Crippen LogP) is 12.7. The molecule has 7 aromatic carbocycles. The largest absolute Gasteiger partial charge is 0.456 e. The van der Waals surface area contributed by atoms with E-state index in [-0.39, 0.29) is 5.41 Å². The highest BCUT2D eigenvalue weighted by Gasteiger charge is 2.35. The zero-order valence-corrected chi connectivity index (χ0v) is 26.4. The van der Waals surface area contributed by atoms with E-state index < -0.39 is 0 Å². The van der Waals surface area contributed by atoms with Gasteiger partial charge in [0.25, 0.3) is 0 Å². The van der Waals surface area contributed by atoms with Gasteiger partial charge in [0.1, 0.15) is 11.2 Å². The van der Waals surface area contributed by atoms with Gasteiger partial charge in [-0.3, -0.25) is 0 Å². The molecule has 47 heavy (non-hydrogen) atoms. The molecule has 1 aromatic heterocycles. The topological polar surface area (TPSA) is 16.4 Å². The van der Waals surface area contributed by atoms with Gasteiger partial charge in [-0.25, -0.2) is 0 Å². The van der Waals surface area contributed by atoms with Crippen LogP contribution in [0.15, 0.2) is 168 Å². The Kier molecular flexibility index (Phi) is 6.20. The fraction of sp³-hybridized carbons (Fsp3) is 0.0667. The molecule has 9 rings (SSSR count). The molecule has 0 fully saturated rings. The van der Waals surface area contributed by atoms with E-state index >= 15 is 0 Å². The summed E-state index contributed by atoms with van der Waals surface area (Å²) in [4.78, 5) is 2.40. The quantitative estimate of drug-likeness (QED) is 0.195. The van der Waals surface area contributed by atoms with Crippen molar-refractivity contribution in [3.05, 3.63) is 175 Å². The van der Waals surface area contributed by atoms with Gasteiger partial charge in [0, 0.05) is 27.7 Å². The van der Waals surface area contributed by atoms with Gasteiger partial charge in [-0.05, 0) is 87.5 Å². The van der Waals surface area contributed by atoms with Gasteiger partial charge in [0.15, 0.2) is 0 Å². The maximum absolute atomic E-state index is 6.51. The molecule has 1 aliphatic rings. The van der Waals surface area contributed by atoms with Gasteiger partial charge < -0.3 is 9.32 Å². The smallest absolute Gasteiger partial charge is 0.137 e. The Hall–Kier alpha value is -5.86. The maximum Gasteiger partial charge on any atom is 0.137 e. The molecule has 0 saturated heterocycles. The van der Waals surface area contributed by atoms with E-state index in [0.717, 1.165) is 44.6 Å². The number of hydrogen-bond acceptors (Lipinski definition) is 2. The Morgan fingerprint density at radius 1 is 0.447 bits per heavy atom. The number of fused-ring (bicyclic) bond motifs is 6. The van der Waals surface area contributed by atoms with E-state index in [1.54, 1.807) is 0 Å². The van der Waals surface area contributed by atoms with E-state index in [4.69, 9.17) is 4.42 Å². The third-order valence-electron chi connectivity index (χ3n) is 9.88. The molecule has 1 aliphatic carbocycles. The number of nitrogens with zero attached hydrogens (tertiary/aromatic N) is 1. The van der Waals surface area contributed by atoms with Crippen LogP contribution in [-0.2, 0) is 5.41 Å². The van der Waals surface area contributed by atoms with Crippen LogP contribution in [0.25, 0.3) is 55.3 Å². The van der Waals surface area contributed by atoms with E-state index in [1.807, 2.05) is 6.07 Å². The zero-order valence-electron chi connectivity index (χ0n) is 26.4. The lowest BCUT2D eigenvalue weighted by atomic mass is 9.81. The van der Waals surface area contributed by atoms with Crippen molar-refractivity contribution in [1.29, 1.82) is 0 Å². The van der Waals surface area contributed by atoms with Crippen molar-refractivity contribution in [3.63, 3.8) is 0 Å². The van der Waals surface area contributed by atoms with E-state index in [1.165, 1.54) is 38.9 Å². The van der Waals surface area contributed by atoms with Crippen LogP contribution in [0.5, 0.6) is 0 Å². The molecule has 0 N–H and O–H groups in total. The molecule has 0 spiro atoms. The van der Waals surface area contributed by atoms with Gasteiger partial charge in [0.05, 0.1) is 11.1 Å². The molecule has 2 nitrogen and oxygen atoms in total. The standard InChI is InChI=1S/C45H33NO/c1-45(2)39-19-11-9-17-36(39)37-26-23-32(29-40(37)45)35-27-28-42-43(38-18-10-12-20-41(38)47-42)44(35)46(33-15-7-4-8-16-33)34-24-21-31(22-25-34)30-13-5-3-6-14-30/h3-29H,1-2H3. The first-order valence-corrected chi connectivity index (χ1v) is 16.3. The first-order chi connectivity index (χ1) is 23.1. The highest BCUT2D eigenvalue weighted by atomic mass is 16.3. The first kappa shape index (κ1) is 27.5. The average Bonchev–Trinajstić information content (AvgIpc) is 3.62. The highest BCUT2D eigenvalue weighted by Crippen LogP contribution is 2.52. The van der Waals surface area contributed by atoms with Gasteiger partial charge in [-0.1, -0.05) is 129 Å². The predicted molar refractivity (Wildman–Crippen MR) is 197 cm³/mol. The fourth-order valence-electron chi connectivity index (χ4n) is 7.55. The number of para-hydroxylation sites is 2. The molecule has 1 heterocycles. The summed E-state index contributed by atoms with van der Waals surface area (Å²) >= 11 is 0. The summed E-state index contributed by atoms with van der Waals surface area (Å²) in [7, 11) is 0. The molecule has 0 radical (unpaired) electrons. The molecule has 0 saturated carbocycles. The fourth-order valence-corrected chi connectivity index (χ4v) is 7.55. The Balaban J connectivity index is 1.32. The summed E-state index contributed by atoms with van der Waals surface area (Å²) < 4.78 is 6.51. The van der Waals surface area contributed by atoms with Crippen LogP contribution < -0.4 is 4.90 Å². The normalized spacial score (nSPS) is 13.1. The monoisotopic (exact) mass is 603 g/mol. The molecule has 0 atom stereocenters. The van der Waals surface area contributed by atoms with E-state index in [2.05, 4.69) is 176 Å². The van der Waals surface area contributed by atoms with Crippen molar-refractivity contribution in [2.24, 2.45) is 0 Å². The first-order valence-electron chi connectivity index (χ1n) is 16.3. The highest BCUT2D eigenvalue weighted by molar-refractivity contribution is 6.17. The second-order valence-electron chi connectivity index (χ2n) is 12.9. The summed E-state index contributed by atoms with van der Waals surface area (Å²) in [6, 6.07) is 58.8. The molecule has 0 aliphatic heterocycles. The Bertz CT molecular complexity index is 2420. The van der Waals surface area contributed by atoms with Crippen LogP contribution >= 0.6 is 0 Å². The zero-order chi connectivity index (χ0) is 31.5. The third kappa shape index (κ3) is 4.33. The van der Waals surface area contributed by atoms with Crippen molar-refractivity contribution in [1.82, 2.24) is 0 Å². The van der Waals surface area contributed by atoms with Gasteiger partial charge in [-0.2, -0.15) is 0 Å². The van der Waals surface area contributed by atoms with Crippen LogP contribution in [0.2, 0.25) is 0 Å². The van der Waals surface area contributed by atoms with Crippen molar-refractivity contribution >= 4 is 39.0 Å². The number of anilines is 3. The summed E-state index contributed by atoms with van der Waals surface area (Å²) in [5, 5.41) is 2.22. The number of rotatable bonds is 5. The second kappa shape index (κ2) is 10.6. The molecule has 2 heteroatoms. The lowest BCUT2D eigenvalue weighted by molar-refractivity contribution is 0.660. The van der Waals surface area contributed by atoms with Gasteiger partial charge in [-0.15, -0.1) is 0 Å². The molecule has 0 bridgehead atoms. The van der Waals surface area contributed by atoms with Crippen molar-refractivity contribution in [2.45, 2.75) is 19.3 Å². The van der Waals surface area contributed by atoms with Gasteiger partial charge in [0.2, 0.25) is 0 Å². The van der Waals surface area contributed by atoms with Crippen LogP contribution in [0.3, 0.4) is 0 Å². The Morgan fingerprint density at radius 3 is 1.85 bits per heavy atom. The van der Waals surface area contributed by atoms with Crippen molar-refractivity contribution in [3.8, 4) is 33.4 Å². The minimum Gasteiger partial charge on any atom is -0.456 e. The lowest BCUT2D eigenvalue weighted by Gasteiger charge is -2.29. The number of hydrogen-bond donors (Lipinski definition) is 0. The Labute approximate surface area is 275 Å². The minimum absolute atomic E-state index is 0.0963. The molecule has 224 valence electrons. The third-order valence-corrected chi connectivity index (χ3v) is 9.88. The molecular weight excluding hydrogens is 571 g/mol. The van der Waals surface area contributed by atoms with Crippen LogP contribution in [0.4, 0.5) is 17.1 Å². The number of furan rings is 1. The molecular formula is C45H33NO. The van der Waals surface area contributed by atoms with Crippen LogP contribution in [-0.4, -0.2) is 0 Å². The van der Waals surface area contributed by atoms with E-state index in [0.29, 0.717) is 0 Å². The second-order valence-corrected chi connectivity index (χ2v) is 12.9. The van der Waals surface area contributed by atoms with E-state index in [9.17, 15) is 0 Å². The maximum atomic E-state index is 6.51. The number of benzene rings is 7. The molecule has 8 aromatic rings.